The molecule has 0 radical (unpaired) electrons. The van der Waals surface area contributed by atoms with Crippen LogP contribution in [0.25, 0.3) is 10.9 Å². The van der Waals surface area contributed by atoms with Gasteiger partial charge in [0.05, 0.1) is 24.3 Å². The lowest BCUT2D eigenvalue weighted by Gasteiger charge is -2.35. The molecule has 1 saturated heterocycles. The van der Waals surface area contributed by atoms with E-state index in [4.69, 9.17) is 9.47 Å². The minimum Gasteiger partial charge on any atom is -0.497 e. The van der Waals surface area contributed by atoms with E-state index >= 15 is 0 Å². The van der Waals surface area contributed by atoms with Gasteiger partial charge in [-0.05, 0) is 98.2 Å². The Bertz CT molecular complexity index is 1540. The molecule has 4 aromatic rings. The summed E-state index contributed by atoms with van der Waals surface area (Å²) in [5, 5.41) is 14.1. The number of nitrogens with one attached hydrogen (secondary N) is 1. The average molecular weight is 545 g/mol. The van der Waals surface area contributed by atoms with Gasteiger partial charge in [-0.1, -0.05) is 30.7 Å². The van der Waals surface area contributed by atoms with Gasteiger partial charge in [0.15, 0.2) is 5.82 Å². The smallest absolute Gasteiger partial charge is 0.253 e. The SMILES string of the molecule is CCC(C)(C)n1nnnc1[C@@H](c1cc2cc(C)cc(C)c2[nH]c1=O)N(Cc1cccc(OC)c1)C[C@@H]1CCCO1. The first-order valence-corrected chi connectivity index (χ1v) is 14.1. The van der Waals surface area contributed by atoms with Crippen LogP contribution in [0.1, 0.15) is 74.2 Å². The maximum Gasteiger partial charge on any atom is 0.253 e. The molecule has 0 aliphatic carbocycles. The fourth-order valence-corrected chi connectivity index (χ4v) is 5.67. The maximum absolute atomic E-state index is 13.9. The number of hydrogen-bond donors (Lipinski definition) is 1. The van der Waals surface area contributed by atoms with Crippen molar-refractivity contribution in [2.45, 2.75) is 78.1 Å². The molecular formula is C31H40N6O3. The number of H-pyrrole nitrogens is 1. The molecule has 0 unspecified atom stereocenters. The first-order valence-electron chi connectivity index (χ1n) is 14.1. The summed E-state index contributed by atoms with van der Waals surface area (Å²) in [5.74, 6) is 1.43. The Morgan fingerprint density at radius 2 is 2.05 bits per heavy atom. The van der Waals surface area contributed by atoms with Crippen LogP contribution in [-0.2, 0) is 16.8 Å². The molecule has 40 heavy (non-hydrogen) atoms. The van der Waals surface area contributed by atoms with Crippen molar-refractivity contribution < 1.29 is 9.47 Å². The van der Waals surface area contributed by atoms with E-state index in [1.54, 1.807) is 7.11 Å². The van der Waals surface area contributed by atoms with E-state index in [-0.39, 0.29) is 17.2 Å². The van der Waals surface area contributed by atoms with Gasteiger partial charge in [0.2, 0.25) is 0 Å². The molecule has 0 bridgehead atoms. The number of aromatic amines is 1. The van der Waals surface area contributed by atoms with Gasteiger partial charge in [-0.15, -0.1) is 5.10 Å². The Morgan fingerprint density at radius 3 is 2.77 bits per heavy atom. The van der Waals surface area contributed by atoms with Gasteiger partial charge < -0.3 is 14.5 Å². The Hall–Kier alpha value is -3.56. The minimum absolute atomic E-state index is 0.0562. The lowest BCUT2D eigenvalue weighted by Crippen LogP contribution is -2.41. The second kappa shape index (κ2) is 11.5. The summed E-state index contributed by atoms with van der Waals surface area (Å²) in [7, 11) is 1.67. The zero-order valence-corrected chi connectivity index (χ0v) is 24.4. The van der Waals surface area contributed by atoms with Crippen LogP contribution in [0.15, 0.2) is 47.3 Å². The second-order valence-electron chi connectivity index (χ2n) is 11.5. The molecule has 0 amide bonds. The van der Waals surface area contributed by atoms with Crippen molar-refractivity contribution in [3.63, 3.8) is 0 Å². The van der Waals surface area contributed by atoms with E-state index in [0.717, 1.165) is 59.2 Å². The summed E-state index contributed by atoms with van der Waals surface area (Å²) in [5.41, 5.74) is 4.23. The van der Waals surface area contributed by atoms with Crippen LogP contribution in [0.5, 0.6) is 5.75 Å². The molecule has 1 aliphatic heterocycles. The molecule has 212 valence electrons. The van der Waals surface area contributed by atoms with Crippen molar-refractivity contribution in [2.75, 3.05) is 20.3 Å². The number of tetrazole rings is 1. The zero-order chi connectivity index (χ0) is 28.4. The minimum atomic E-state index is -0.509. The van der Waals surface area contributed by atoms with Gasteiger partial charge in [-0.3, -0.25) is 9.69 Å². The molecule has 0 saturated carbocycles. The molecule has 2 aromatic carbocycles. The first kappa shape index (κ1) is 28.0. The van der Waals surface area contributed by atoms with Crippen molar-refractivity contribution in [1.29, 1.82) is 0 Å². The largest absolute Gasteiger partial charge is 0.497 e. The quantitative estimate of drug-likeness (QED) is 0.298. The molecule has 5 rings (SSSR count). The average Bonchev–Trinajstić information content (AvgIpc) is 3.63. The molecule has 3 heterocycles. The number of rotatable bonds is 10. The summed E-state index contributed by atoms with van der Waals surface area (Å²) in [4.78, 5) is 19.4. The van der Waals surface area contributed by atoms with Crippen molar-refractivity contribution in [3.8, 4) is 5.75 Å². The van der Waals surface area contributed by atoms with E-state index in [0.29, 0.717) is 24.5 Å². The summed E-state index contributed by atoms with van der Waals surface area (Å²) < 4.78 is 13.5. The Kier molecular flexibility index (Phi) is 8.05. The Labute approximate surface area is 235 Å². The molecule has 1 fully saturated rings. The van der Waals surface area contributed by atoms with E-state index in [9.17, 15) is 4.79 Å². The van der Waals surface area contributed by atoms with E-state index in [1.807, 2.05) is 35.9 Å². The second-order valence-corrected chi connectivity index (χ2v) is 11.5. The van der Waals surface area contributed by atoms with Crippen LogP contribution >= 0.6 is 0 Å². The molecular weight excluding hydrogens is 504 g/mol. The number of pyridine rings is 1. The predicted octanol–water partition coefficient (Wildman–Crippen LogP) is 5.06. The van der Waals surface area contributed by atoms with Crippen LogP contribution in [0, 0.1) is 13.8 Å². The zero-order valence-electron chi connectivity index (χ0n) is 24.4. The molecule has 1 aliphatic rings. The summed E-state index contributed by atoms with van der Waals surface area (Å²) in [6, 6.07) is 13.8. The van der Waals surface area contributed by atoms with Crippen molar-refractivity contribution in [1.82, 2.24) is 30.1 Å². The molecule has 9 nitrogen and oxygen atoms in total. The van der Waals surface area contributed by atoms with Crippen LogP contribution in [-0.4, -0.2) is 56.5 Å². The van der Waals surface area contributed by atoms with Crippen molar-refractivity contribution in [2.24, 2.45) is 0 Å². The van der Waals surface area contributed by atoms with Gasteiger partial charge in [0, 0.05) is 25.3 Å². The van der Waals surface area contributed by atoms with E-state index in [1.165, 1.54) is 0 Å². The number of fused-ring (bicyclic) bond motifs is 1. The van der Waals surface area contributed by atoms with Crippen LogP contribution in [0.2, 0.25) is 0 Å². The highest BCUT2D eigenvalue weighted by Crippen LogP contribution is 2.33. The third-order valence-electron chi connectivity index (χ3n) is 8.14. The predicted molar refractivity (Wildman–Crippen MR) is 156 cm³/mol. The van der Waals surface area contributed by atoms with Crippen LogP contribution < -0.4 is 10.3 Å². The van der Waals surface area contributed by atoms with Crippen LogP contribution in [0.4, 0.5) is 0 Å². The molecule has 2 aromatic heterocycles. The summed E-state index contributed by atoms with van der Waals surface area (Å²) in [6.45, 7) is 12.4. The van der Waals surface area contributed by atoms with E-state index < -0.39 is 6.04 Å². The maximum atomic E-state index is 13.9. The standard InChI is InChI=1S/C31H40N6O3/c1-7-31(4,5)37-29(33-34-35-37)28(26-17-23-15-20(2)14-21(3)27(23)32-30(26)38)36(19-25-12-9-13-40-25)18-22-10-8-11-24(16-22)39-6/h8,10-11,14-17,25,28H,7,9,12-13,18-19H2,1-6H3,(H,32,38)/t25-,28+/m0/s1. The fraction of sp³-hybridized carbons (Fsp3) is 0.484. The van der Waals surface area contributed by atoms with Crippen molar-refractivity contribution >= 4 is 10.9 Å². The van der Waals surface area contributed by atoms with Gasteiger partial charge >= 0.3 is 0 Å². The number of aryl methyl sites for hydroxylation is 2. The first-order chi connectivity index (χ1) is 19.2. The molecule has 0 spiro atoms. The molecule has 2 atom stereocenters. The normalized spacial score (nSPS) is 16.6. The van der Waals surface area contributed by atoms with Gasteiger partial charge in [-0.25, -0.2) is 4.68 Å². The van der Waals surface area contributed by atoms with Crippen LogP contribution in [0.3, 0.4) is 0 Å². The number of hydrogen-bond acceptors (Lipinski definition) is 7. The highest BCUT2D eigenvalue weighted by molar-refractivity contribution is 5.83. The lowest BCUT2D eigenvalue weighted by atomic mass is 9.97. The number of ether oxygens (including phenoxy) is 2. The monoisotopic (exact) mass is 544 g/mol. The van der Waals surface area contributed by atoms with Gasteiger partial charge in [0.25, 0.3) is 5.56 Å². The van der Waals surface area contributed by atoms with E-state index in [2.05, 4.69) is 71.3 Å². The number of methoxy groups -OCH3 is 1. The highest BCUT2D eigenvalue weighted by Gasteiger charge is 2.36. The topological polar surface area (TPSA) is 98.2 Å². The lowest BCUT2D eigenvalue weighted by molar-refractivity contribution is 0.0562. The number of aromatic nitrogens is 5. The van der Waals surface area contributed by atoms with Gasteiger partial charge in [0.1, 0.15) is 11.8 Å². The number of benzene rings is 2. The summed E-state index contributed by atoms with van der Waals surface area (Å²) in [6.07, 6.45) is 2.88. The third kappa shape index (κ3) is 5.67. The van der Waals surface area contributed by atoms with Gasteiger partial charge in [-0.2, -0.15) is 0 Å². The molecule has 1 N–H and O–H groups in total. The highest BCUT2D eigenvalue weighted by atomic mass is 16.5. The Balaban J connectivity index is 1.72. The Morgan fingerprint density at radius 1 is 1.23 bits per heavy atom. The summed E-state index contributed by atoms with van der Waals surface area (Å²) >= 11 is 0. The third-order valence-corrected chi connectivity index (χ3v) is 8.14. The van der Waals surface area contributed by atoms with Crippen molar-refractivity contribution in [3.05, 3.63) is 80.9 Å². The fourth-order valence-electron chi connectivity index (χ4n) is 5.67. The molecule has 9 heteroatoms. The number of nitrogens with zero attached hydrogens (tertiary/aromatic N) is 5.